The normalized spacial score (nSPS) is 25.7. The number of nitrogens with zero attached hydrogens (tertiary/aromatic N) is 2. The number of carbonyl (C=O) groups excluding carboxylic acids is 1. The Morgan fingerprint density at radius 2 is 1.90 bits per heavy atom. The Balaban J connectivity index is 1.40. The number of piperidine rings is 1. The van der Waals surface area contributed by atoms with E-state index in [-0.39, 0.29) is 23.3 Å². The molecule has 0 radical (unpaired) electrons. The van der Waals surface area contributed by atoms with E-state index in [2.05, 4.69) is 10.6 Å². The van der Waals surface area contributed by atoms with Crippen LogP contribution in [0.25, 0.3) is 0 Å². The molecule has 8 heteroatoms. The quantitative estimate of drug-likeness (QED) is 0.807. The van der Waals surface area contributed by atoms with E-state index in [0.717, 1.165) is 38.3 Å². The number of anilines is 1. The molecule has 1 aromatic rings. The molecule has 1 saturated carbocycles. The molecule has 156 valence electrons. The Hall–Kier alpha value is -2.27. The van der Waals surface area contributed by atoms with E-state index in [0.29, 0.717) is 37.3 Å². The summed E-state index contributed by atoms with van der Waals surface area (Å²) in [5.41, 5.74) is -0.726. The van der Waals surface area contributed by atoms with Crippen molar-refractivity contribution >= 4 is 11.6 Å². The van der Waals surface area contributed by atoms with Crippen molar-refractivity contribution in [2.24, 2.45) is 17.8 Å². The van der Waals surface area contributed by atoms with E-state index in [1.165, 1.54) is 6.07 Å². The zero-order valence-corrected chi connectivity index (χ0v) is 16.1. The van der Waals surface area contributed by atoms with Gasteiger partial charge in [-0.2, -0.15) is 18.4 Å². The smallest absolute Gasteiger partial charge is 0.372 e. The molecule has 1 aromatic carbocycles. The van der Waals surface area contributed by atoms with E-state index >= 15 is 0 Å². The molecule has 5 nitrogen and oxygen atoms in total. The summed E-state index contributed by atoms with van der Waals surface area (Å²) in [6.07, 6.45) is -0.711. The molecule has 3 aliphatic rings. The first-order valence-electron chi connectivity index (χ1n) is 10.2. The fourth-order valence-electron chi connectivity index (χ4n) is 4.66. The molecular formula is C21H25F3N4O. The number of hydrogen-bond donors (Lipinski definition) is 2. The lowest BCUT2D eigenvalue weighted by molar-refractivity contribution is -0.137. The van der Waals surface area contributed by atoms with Crippen molar-refractivity contribution in [1.82, 2.24) is 10.6 Å². The lowest BCUT2D eigenvalue weighted by atomic mass is 9.78. The lowest BCUT2D eigenvalue weighted by Crippen LogP contribution is -2.42. The Kier molecular flexibility index (Phi) is 5.43. The van der Waals surface area contributed by atoms with E-state index in [9.17, 15) is 18.0 Å². The monoisotopic (exact) mass is 406 g/mol. The molecule has 2 unspecified atom stereocenters. The Bertz CT molecular complexity index is 807. The number of benzene rings is 1. The Morgan fingerprint density at radius 3 is 2.52 bits per heavy atom. The molecule has 2 heterocycles. The third-order valence-electron chi connectivity index (χ3n) is 6.46. The summed E-state index contributed by atoms with van der Waals surface area (Å²) in [4.78, 5) is 14.5. The number of hydrogen-bond acceptors (Lipinski definition) is 4. The van der Waals surface area contributed by atoms with Gasteiger partial charge in [0, 0.05) is 31.4 Å². The number of nitrogens with one attached hydrogen (secondary N) is 2. The molecule has 0 bridgehead atoms. The van der Waals surface area contributed by atoms with Crippen molar-refractivity contribution in [3.63, 3.8) is 0 Å². The standard InChI is InChI=1S/C21H25F3N4O/c22-21(23,24)19-9-16(4-1-14(19)10-25)28-7-5-13(6-8-28)17-11-26-12-18(17)20(29)27-15-2-3-15/h1,4,9,13,15,17-18,26H,2-3,5-8,11-12H2,(H,27,29). The van der Waals surface area contributed by atoms with Crippen LogP contribution in [-0.4, -0.2) is 38.1 Å². The van der Waals surface area contributed by atoms with E-state index in [1.54, 1.807) is 12.1 Å². The van der Waals surface area contributed by atoms with Crippen LogP contribution in [0.1, 0.15) is 36.8 Å². The van der Waals surface area contributed by atoms with Crippen LogP contribution in [-0.2, 0) is 11.0 Å². The van der Waals surface area contributed by atoms with E-state index in [1.807, 2.05) is 4.90 Å². The molecule has 2 aliphatic heterocycles. The highest BCUT2D eigenvalue weighted by molar-refractivity contribution is 5.80. The van der Waals surface area contributed by atoms with Gasteiger partial charge in [0.25, 0.3) is 0 Å². The predicted molar refractivity (Wildman–Crippen MR) is 102 cm³/mol. The van der Waals surface area contributed by atoms with Crippen molar-refractivity contribution in [3.8, 4) is 6.07 Å². The summed E-state index contributed by atoms with van der Waals surface area (Å²) in [6, 6.07) is 5.91. The highest BCUT2D eigenvalue weighted by Crippen LogP contribution is 2.37. The molecule has 2 atom stereocenters. The fraction of sp³-hybridized carbons (Fsp3) is 0.619. The van der Waals surface area contributed by atoms with Crippen LogP contribution in [0, 0.1) is 29.1 Å². The molecule has 0 spiro atoms. The number of carbonyl (C=O) groups is 1. The summed E-state index contributed by atoms with van der Waals surface area (Å²) in [6.45, 7) is 2.83. The molecule has 1 amide bonds. The minimum atomic E-state index is -4.54. The number of halogens is 3. The van der Waals surface area contributed by atoms with Crippen LogP contribution in [0.15, 0.2) is 18.2 Å². The van der Waals surface area contributed by atoms with Gasteiger partial charge in [-0.1, -0.05) is 0 Å². The van der Waals surface area contributed by atoms with Crippen molar-refractivity contribution in [1.29, 1.82) is 5.26 Å². The van der Waals surface area contributed by atoms with Crippen molar-refractivity contribution in [3.05, 3.63) is 29.3 Å². The van der Waals surface area contributed by atoms with E-state index < -0.39 is 11.7 Å². The van der Waals surface area contributed by atoms with Gasteiger partial charge in [-0.05, 0) is 62.3 Å². The zero-order chi connectivity index (χ0) is 20.6. The summed E-state index contributed by atoms with van der Waals surface area (Å²) in [5, 5.41) is 15.4. The van der Waals surface area contributed by atoms with Crippen LogP contribution >= 0.6 is 0 Å². The molecule has 4 rings (SSSR count). The number of nitriles is 1. The predicted octanol–water partition coefficient (Wildman–Crippen LogP) is 2.91. The highest BCUT2D eigenvalue weighted by atomic mass is 19.4. The minimum Gasteiger partial charge on any atom is -0.372 e. The maximum Gasteiger partial charge on any atom is 0.417 e. The Morgan fingerprint density at radius 1 is 1.17 bits per heavy atom. The second-order valence-electron chi connectivity index (χ2n) is 8.38. The average Bonchev–Trinajstić information content (AvgIpc) is 3.38. The first-order valence-corrected chi connectivity index (χ1v) is 10.2. The minimum absolute atomic E-state index is 0.0149. The first-order chi connectivity index (χ1) is 13.9. The molecule has 2 N–H and O–H groups in total. The maximum absolute atomic E-state index is 13.2. The largest absolute Gasteiger partial charge is 0.417 e. The van der Waals surface area contributed by atoms with Crippen molar-refractivity contribution < 1.29 is 18.0 Å². The van der Waals surface area contributed by atoms with Gasteiger partial charge in [0.2, 0.25) is 5.91 Å². The second-order valence-corrected chi connectivity index (χ2v) is 8.38. The van der Waals surface area contributed by atoms with Gasteiger partial charge in [0.05, 0.1) is 23.1 Å². The van der Waals surface area contributed by atoms with Gasteiger partial charge in [-0.15, -0.1) is 0 Å². The van der Waals surface area contributed by atoms with Crippen LogP contribution < -0.4 is 15.5 Å². The third kappa shape index (κ3) is 4.35. The molecular weight excluding hydrogens is 381 g/mol. The number of amides is 1. The van der Waals surface area contributed by atoms with Crippen LogP contribution in [0.5, 0.6) is 0 Å². The van der Waals surface area contributed by atoms with Gasteiger partial charge in [-0.25, -0.2) is 0 Å². The van der Waals surface area contributed by atoms with Crippen molar-refractivity contribution in [2.75, 3.05) is 31.1 Å². The van der Waals surface area contributed by atoms with Crippen LogP contribution in [0.2, 0.25) is 0 Å². The summed E-state index contributed by atoms with van der Waals surface area (Å²) in [7, 11) is 0. The maximum atomic E-state index is 13.2. The van der Waals surface area contributed by atoms with Gasteiger partial charge in [0.1, 0.15) is 0 Å². The average molecular weight is 406 g/mol. The van der Waals surface area contributed by atoms with Gasteiger partial charge < -0.3 is 15.5 Å². The lowest BCUT2D eigenvalue weighted by Gasteiger charge is -2.37. The number of rotatable bonds is 4. The molecule has 0 aromatic heterocycles. The van der Waals surface area contributed by atoms with Gasteiger partial charge in [-0.3, -0.25) is 4.79 Å². The summed E-state index contributed by atoms with van der Waals surface area (Å²) >= 11 is 0. The molecule has 3 fully saturated rings. The van der Waals surface area contributed by atoms with Gasteiger partial charge >= 0.3 is 6.18 Å². The third-order valence-corrected chi connectivity index (χ3v) is 6.46. The fourth-order valence-corrected chi connectivity index (χ4v) is 4.66. The number of alkyl halides is 3. The zero-order valence-electron chi connectivity index (χ0n) is 16.1. The second kappa shape index (κ2) is 7.86. The summed E-state index contributed by atoms with van der Waals surface area (Å²) in [5.74, 6) is 0.796. The summed E-state index contributed by atoms with van der Waals surface area (Å²) < 4.78 is 39.7. The highest BCUT2D eigenvalue weighted by Gasteiger charge is 2.41. The molecule has 2 saturated heterocycles. The molecule has 1 aliphatic carbocycles. The molecule has 29 heavy (non-hydrogen) atoms. The van der Waals surface area contributed by atoms with Gasteiger partial charge in [0.15, 0.2) is 0 Å². The van der Waals surface area contributed by atoms with Crippen LogP contribution in [0.4, 0.5) is 18.9 Å². The van der Waals surface area contributed by atoms with E-state index in [4.69, 9.17) is 5.26 Å². The van der Waals surface area contributed by atoms with Crippen molar-refractivity contribution in [2.45, 2.75) is 37.9 Å². The van der Waals surface area contributed by atoms with Crippen LogP contribution in [0.3, 0.4) is 0 Å². The Labute approximate surface area is 168 Å². The topological polar surface area (TPSA) is 68.2 Å². The SMILES string of the molecule is N#Cc1ccc(N2CCC(C3CNCC3C(=O)NC3CC3)CC2)cc1C(F)(F)F. The first kappa shape index (κ1) is 20.0.